The maximum Gasteiger partial charge on any atom is 0.294 e. The number of anilines is 1. The molecule has 3 amide bonds. The van der Waals surface area contributed by atoms with E-state index in [4.69, 9.17) is 13.9 Å². The Morgan fingerprint density at radius 1 is 1.09 bits per heavy atom. The molecule has 1 aromatic heterocycles. The summed E-state index contributed by atoms with van der Waals surface area (Å²) in [4.78, 5) is 38.7. The first kappa shape index (κ1) is 22.3. The number of nitrogens with zero attached hydrogens (tertiary/aromatic N) is 2. The van der Waals surface area contributed by atoms with Gasteiger partial charge in [0.1, 0.15) is 31.3 Å². The molecule has 1 fully saturated rings. The molecule has 2 aliphatic rings. The predicted octanol–water partition coefficient (Wildman–Crippen LogP) is 4.26. The number of benzene rings is 2. The molecule has 9 nitrogen and oxygen atoms in total. The van der Waals surface area contributed by atoms with Crippen LogP contribution in [0.5, 0.6) is 11.5 Å². The van der Waals surface area contributed by atoms with E-state index >= 15 is 0 Å². The number of hydrogen-bond donors (Lipinski definition) is 1. The SMILES string of the molecule is N#Cc1ccccc1-c1ccc(/C=C2/SC(=O)N(CC(=O)Nc3ccc4c(c3)OCCO4)C2=O)o1. The third-order valence-corrected chi connectivity index (χ3v) is 6.12. The van der Waals surface area contributed by atoms with Crippen molar-refractivity contribution in [2.24, 2.45) is 0 Å². The van der Waals surface area contributed by atoms with Crippen LogP contribution in [0.3, 0.4) is 0 Å². The van der Waals surface area contributed by atoms with Crippen molar-refractivity contribution in [2.45, 2.75) is 0 Å². The van der Waals surface area contributed by atoms with Gasteiger partial charge in [-0.05, 0) is 48.2 Å². The number of furan rings is 1. The van der Waals surface area contributed by atoms with Gasteiger partial charge >= 0.3 is 0 Å². The van der Waals surface area contributed by atoms with Gasteiger partial charge in [0, 0.05) is 23.4 Å². The molecule has 3 aromatic rings. The number of hydrogen-bond acceptors (Lipinski definition) is 8. The number of nitrogens with one attached hydrogen (secondary N) is 1. The van der Waals surface area contributed by atoms with Crippen molar-refractivity contribution in [1.29, 1.82) is 5.26 Å². The number of ether oxygens (including phenoxy) is 2. The summed E-state index contributed by atoms with van der Waals surface area (Å²) < 4.78 is 16.7. The average molecular weight is 487 g/mol. The second-order valence-electron chi connectivity index (χ2n) is 7.53. The maximum atomic E-state index is 12.8. The third kappa shape index (κ3) is 4.62. The van der Waals surface area contributed by atoms with Gasteiger partial charge in [0.25, 0.3) is 11.1 Å². The largest absolute Gasteiger partial charge is 0.486 e. The summed E-state index contributed by atoms with van der Waals surface area (Å²) in [7, 11) is 0. The zero-order valence-corrected chi connectivity index (χ0v) is 19.0. The van der Waals surface area contributed by atoms with Crippen molar-refractivity contribution >= 4 is 40.6 Å². The molecule has 2 aliphatic heterocycles. The van der Waals surface area contributed by atoms with Crippen LogP contribution in [0, 0.1) is 11.3 Å². The van der Waals surface area contributed by atoms with E-state index in [9.17, 15) is 19.6 Å². The Hall–Kier alpha value is -4.49. The van der Waals surface area contributed by atoms with Crippen LogP contribution in [0.4, 0.5) is 10.5 Å². The van der Waals surface area contributed by atoms with Crippen molar-refractivity contribution in [3.05, 3.63) is 70.8 Å². The lowest BCUT2D eigenvalue weighted by Crippen LogP contribution is -2.36. The summed E-state index contributed by atoms with van der Waals surface area (Å²) in [5, 5.41) is 11.4. The van der Waals surface area contributed by atoms with Crippen LogP contribution in [-0.2, 0) is 9.59 Å². The lowest BCUT2D eigenvalue weighted by atomic mass is 10.1. The highest BCUT2D eigenvalue weighted by atomic mass is 32.2. The fourth-order valence-electron chi connectivity index (χ4n) is 3.60. The number of carbonyl (C=O) groups excluding carboxylic acids is 3. The number of amides is 3. The van der Waals surface area contributed by atoms with Gasteiger partial charge in [0.05, 0.1) is 16.5 Å². The smallest absolute Gasteiger partial charge is 0.294 e. The van der Waals surface area contributed by atoms with Crippen LogP contribution in [0.2, 0.25) is 0 Å². The number of nitriles is 1. The first-order chi connectivity index (χ1) is 17.0. The highest BCUT2D eigenvalue weighted by Gasteiger charge is 2.36. The van der Waals surface area contributed by atoms with Crippen LogP contribution < -0.4 is 14.8 Å². The van der Waals surface area contributed by atoms with Crippen LogP contribution >= 0.6 is 11.8 Å². The van der Waals surface area contributed by atoms with E-state index in [1.807, 2.05) is 0 Å². The molecule has 2 aromatic carbocycles. The van der Waals surface area contributed by atoms with Gasteiger partial charge in [0.15, 0.2) is 11.5 Å². The van der Waals surface area contributed by atoms with Crippen molar-refractivity contribution in [2.75, 3.05) is 25.1 Å². The molecule has 0 spiro atoms. The van der Waals surface area contributed by atoms with Gasteiger partial charge in [-0.1, -0.05) is 12.1 Å². The molecule has 5 rings (SSSR count). The third-order valence-electron chi connectivity index (χ3n) is 5.21. The Morgan fingerprint density at radius 2 is 1.89 bits per heavy atom. The molecule has 0 radical (unpaired) electrons. The lowest BCUT2D eigenvalue weighted by molar-refractivity contribution is -0.127. The summed E-state index contributed by atoms with van der Waals surface area (Å²) in [6, 6.07) is 17.4. The molecule has 1 saturated heterocycles. The Morgan fingerprint density at radius 3 is 2.71 bits per heavy atom. The maximum absolute atomic E-state index is 12.8. The summed E-state index contributed by atoms with van der Waals surface area (Å²) in [6.45, 7) is 0.433. The van der Waals surface area contributed by atoms with Crippen molar-refractivity contribution in [1.82, 2.24) is 4.90 Å². The zero-order chi connectivity index (χ0) is 24.4. The van der Waals surface area contributed by atoms with Gasteiger partial charge in [-0.3, -0.25) is 19.3 Å². The quantitative estimate of drug-likeness (QED) is 0.530. The van der Waals surface area contributed by atoms with Gasteiger partial charge < -0.3 is 19.2 Å². The Labute approximate surface area is 203 Å². The molecule has 0 bridgehead atoms. The van der Waals surface area contributed by atoms with Crippen LogP contribution in [0.1, 0.15) is 11.3 Å². The van der Waals surface area contributed by atoms with E-state index in [0.29, 0.717) is 53.0 Å². The molecule has 174 valence electrons. The van der Waals surface area contributed by atoms with E-state index in [0.717, 1.165) is 16.7 Å². The van der Waals surface area contributed by atoms with Gasteiger partial charge in [0.2, 0.25) is 5.91 Å². The fraction of sp³-hybridized carbons (Fsp3) is 0.120. The highest BCUT2D eigenvalue weighted by Crippen LogP contribution is 2.35. The number of rotatable bonds is 5. The van der Waals surface area contributed by atoms with E-state index in [2.05, 4.69) is 11.4 Å². The van der Waals surface area contributed by atoms with E-state index in [-0.39, 0.29) is 4.91 Å². The minimum atomic E-state index is -0.590. The van der Waals surface area contributed by atoms with Gasteiger partial charge in [-0.2, -0.15) is 5.26 Å². The van der Waals surface area contributed by atoms with E-state index in [1.54, 1.807) is 54.6 Å². The predicted molar refractivity (Wildman–Crippen MR) is 128 cm³/mol. The van der Waals surface area contributed by atoms with Crippen molar-refractivity contribution < 1.29 is 28.3 Å². The molecule has 0 saturated carbocycles. The summed E-state index contributed by atoms with van der Waals surface area (Å²) in [5.74, 6) is 0.789. The number of thioether (sulfide) groups is 1. The van der Waals surface area contributed by atoms with Crippen molar-refractivity contribution in [3.63, 3.8) is 0 Å². The molecular weight excluding hydrogens is 470 g/mol. The molecule has 10 heteroatoms. The molecule has 35 heavy (non-hydrogen) atoms. The first-order valence-corrected chi connectivity index (χ1v) is 11.4. The summed E-state index contributed by atoms with van der Waals surface area (Å²) in [5.41, 5.74) is 1.54. The molecule has 0 atom stereocenters. The second kappa shape index (κ2) is 9.40. The van der Waals surface area contributed by atoms with Crippen LogP contribution in [-0.4, -0.2) is 41.7 Å². The molecule has 1 N–H and O–H groups in total. The van der Waals surface area contributed by atoms with Gasteiger partial charge in [-0.25, -0.2) is 0 Å². The monoisotopic (exact) mass is 487 g/mol. The Balaban J connectivity index is 1.27. The normalized spacial score (nSPS) is 15.9. The minimum Gasteiger partial charge on any atom is -0.486 e. The minimum absolute atomic E-state index is 0.136. The number of carbonyl (C=O) groups is 3. The molecule has 3 heterocycles. The summed E-state index contributed by atoms with van der Waals surface area (Å²) >= 11 is 0.726. The fourth-order valence-corrected chi connectivity index (χ4v) is 4.42. The highest BCUT2D eigenvalue weighted by molar-refractivity contribution is 8.18. The summed E-state index contributed by atoms with van der Waals surface area (Å²) in [6.07, 6.45) is 1.45. The Bertz CT molecular complexity index is 1420. The standard InChI is InChI=1S/C25H17N3O6S/c26-13-15-3-1-2-4-18(15)19-8-6-17(34-19)12-22-24(30)28(25(31)35-22)14-23(29)27-16-5-7-20-21(11-16)33-10-9-32-20/h1-8,11-12H,9-10,14H2,(H,27,29)/b22-12+. The van der Waals surface area contributed by atoms with E-state index < -0.39 is 23.6 Å². The Kier molecular flexibility index (Phi) is 5.99. The van der Waals surface area contributed by atoms with Crippen LogP contribution in [0.25, 0.3) is 17.4 Å². The number of imide groups is 1. The second-order valence-corrected chi connectivity index (χ2v) is 8.53. The number of fused-ring (bicyclic) bond motifs is 1. The topological polar surface area (TPSA) is 122 Å². The first-order valence-electron chi connectivity index (χ1n) is 10.6. The van der Waals surface area contributed by atoms with E-state index in [1.165, 1.54) is 6.08 Å². The molecule has 0 aliphatic carbocycles. The lowest BCUT2D eigenvalue weighted by Gasteiger charge is -2.19. The van der Waals surface area contributed by atoms with Crippen molar-refractivity contribution in [3.8, 4) is 28.9 Å². The van der Waals surface area contributed by atoms with Gasteiger partial charge in [-0.15, -0.1) is 0 Å². The zero-order valence-electron chi connectivity index (χ0n) is 18.1. The molecular formula is C25H17N3O6S. The van der Waals surface area contributed by atoms with Crippen LogP contribution in [0.15, 0.2) is 63.9 Å². The average Bonchev–Trinajstić information content (AvgIpc) is 3.44. The molecule has 0 unspecified atom stereocenters.